The molecule has 0 radical (unpaired) electrons. The lowest BCUT2D eigenvalue weighted by Gasteiger charge is -2.17. The summed E-state index contributed by atoms with van der Waals surface area (Å²) >= 11 is 6.20. The average molecular weight is 304 g/mol. The highest BCUT2D eigenvalue weighted by Gasteiger charge is 2.19. The smallest absolute Gasteiger partial charge is 0.243 e. The van der Waals surface area contributed by atoms with Gasteiger partial charge in [0.1, 0.15) is 11.1 Å². The van der Waals surface area contributed by atoms with Gasteiger partial charge in [0.2, 0.25) is 5.91 Å². The van der Waals surface area contributed by atoms with Crippen LogP contribution in [-0.4, -0.2) is 13.0 Å². The zero-order chi connectivity index (χ0) is 15.2. The average Bonchev–Trinajstić information content (AvgIpc) is 2.55. The van der Waals surface area contributed by atoms with Crippen molar-refractivity contribution < 1.29 is 9.53 Å². The fourth-order valence-electron chi connectivity index (χ4n) is 2.04. The van der Waals surface area contributed by atoms with Gasteiger partial charge in [-0.3, -0.25) is 4.79 Å². The molecule has 0 heterocycles. The first-order valence-electron chi connectivity index (χ1n) is 6.75. The molecule has 1 unspecified atom stereocenters. The number of carbonyl (C=O) groups is 1. The summed E-state index contributed by atoms with van der Waals surface area (Å²) in [7, 11) is 1.62. The zero-order valence-corrected chi connectivity index (χ0v) is 12.8. The van der Waals surface area contributed by atoms with Crippen molar-refractivity contribution in [1.29, 1.82) is 0 Å². The van der Waals surface area contributed by atoms with Crippen LogP contribution in [-0.2, 0) is 4.79 Å². The highest BCUT2D eigenvalue weighted by molar-refractivity contribution is 6.30. The Morgan fingerprint density at radius 3 is 2.24 bits per heavy atom. The summed E-state index contributed by atoms with van der Waals surface area (Å²) in [4.78, 5) is 12.2. The van der Waals surface area contributed by atoms with Crippen molar-refractivity contribution >= 4 is 17.5 Å². The second-order valence-corrected chi connectivity index (χ2v) is 5.21. The lowest BCUT2D eigenvalue weighted by Crippen LogP contribution is -2.29. The molecule has 2 aromatic rings. The Bertz CT molecular complexity index is 583. The Hall–Kier alpha value is -2.00. The molecule has 0 aromatic heterocycles. The van der Waals surface area contributed by atoms with E-state index in [9.17, 15) is 4.79 Å². The minimum Gasteiger partial charge on any atom is -0.497 e. The first-order chi connectivity index (χ1) is 10.1. The van der Waals surface area contributed by atoms with Crippen LogP contribution in [0, 0.1) is 0 Å². The van der Waals surface area contributed by atoms with Gasteiger partial charge in [0.05, 0.1) is 13.2 Å². The zero-order valence-electron chi connectivity index (χ0n) is 12.0. The molecule has 4 heteroatoms. The van der Waals surface area contributed by atoms with Crippen LogP contribution in [0.4, 0.5) is 0 Å². The first-order valence-corrected chi connectivity index (χ1v) is 7.19. The molecule has 0 saturated carbocycles. The minimum absolute atomic E-state index is 0.117. The van der Waals surface area contributed by atoms with Crippen molar-refractivity contribution in [2.75, 3.05) is 7.11 Å². The molecular weight excluding hydrogens is 286 g/mol. The molecule has 2 aromatic carbocycles. The van der Waals surface area contributed by atoms with Gasteiger partial charge in [-0.25, -0.2) is 0 Å². The molecule has 0 bridgehead atoms. The summed E-state index contributed by atoms with van der Waals surface area (Å²) in [6, 6.07) is 16.8. The van der Waals surface area contributed by atoms with E-state index in [1.54, 1.807) is 7.11 Å². The predicted octanol–water partition coefficient (Wildman–Crippen LogP) is 3.85. The maximum Gasteiger partial charge on any atom is 0.243 e. The summed E-state index contributed by atoms with van der Waals surface area (Å²) in [6.45, 7) is 1.92. The number of nitrogens with one attached hydrogen (secondary N) is 1. The Morgan fingerprint density at radius 2 is 1.67 bits per heavy atom. The van der Waals surface area contributed by atoms with Crippen LogP contribution in [0.5, 0.6) is 5.75 Å². The van der Waals surface area contributed by atoms with E-state index in [1.807, 2.05) is 61.5 Å². The summed E-state index contributed by atoms with van der Waals surface area (Å²) in [6.07, 6.45) is 0. The van der Waals surface area contributed by atoms with Crippen molar-refractivity contribution in [3.63, 3.8) is 0 Å². The number of hydrogen-bond donors (Lipinski definition) is 1. The van der Waals surface area contributed by atoms with Crippen molar-refractivity contribution in [1.82, 2.24) is 5.32 Å². The quantitative estimate of drug-likeness (QED) is 0.852. The number of amides is 1. The number of ether oxygens (including phenoxy) is 1. The third kappa shape index (κ3) is 3.99. The Balaban J connectivity index is 2.01. The normalized spacial score (nSPS) is 13.3. The minimum atomic E-state index is -0.688. The van der Waals surface area contributed by atoms with E-state index in [0.717, 1.165) is 16.9 Å². The highest BCUT2D eigenvalue weighted by Crippen LogP contribution is 2.22. The van der Waals surface area contributed by atoms with Gasteiger partial charge in [-0.15, -0.1) is 11.6 Å². The topological polar surface area (TPSA) is 38.3 Å². The number of alkyl halides is 1. The van der Waals surface area contributed by atoms with Crippen LogP contribution in [0.2, 0.25) is 0 Å². The summed E-state index contributed by atoms with van der Waals surface area (Å²) < 4.78 is 5.12. The Kier molecular flexibility index (Phi) is 5.23. The Morgan fingerprint density at radius 1 is 1.05 bits per heavy atom. The molecule has 2 atom stereocenters. The second kappa shape index (κ2) is 7.14. The van der Waals surface area contributed by atoms with Crippen LogP contribution in [0.1, 0.15) is 29.5 Å². The van der Waals surface area contributed by atoms with Crippen LogP contribution in [0.15, 0.2) is 54.6 Å². The van der Waals surface area contributed by atoms with Crippen molar-refractivity contribution in [3.8, 4) is 5.75 Å². The largest absolute Gasteiger partial charge is 0.497 e. The molecular formula is C17H18ClNO2. The van der Waals surface area contributed by atoms with Crippen molar-refractivity contribution in [2.45, 2.75) is 18.3 Å². The van der Waals surface area contributed by atoms with Gasteiger partial charge < -0.3 is 10.1 Å². The Labute approximate surface area is 129 Å². The van der Waals surface area contributed by atoms with Crippen molar-refractivity contribution in [3.05, 3.63) is 65.7 Å². The molecule has 2 rings (SSSR count). The third-order valence-corrected chi connectivity index (χ3v) is 3.75. The molecule has 1 N–H and O–H groups in total. The fraction of sp³-hybridized carbons (Fsp3) is 0.235. The van der Waals surface area contributed by atoms with Crippen molar-refractivity contribution in [2.24, 2.45) is 0 Å². The number of hydrogen-bond acceptors (Lipinski definition) is 2. The van der Waals surface area contributed by atoms with Crippen LogP contribution < -0.4 is 10.1 Å². The number of halogens is 1. The molecule has 21 heavy (non-hydrogen) atoms. The van der Waals surface area contributed by atoms with E-state index in [2.05, 4.69) is 5.32 Å². The van der Waals surface area contributed by atoms with Gasteiger partial charge in [-0.05, 0) is 30.2 Å². The molecule has 0 aliphatic heterocycles. The predicted molar refractivity (Wildman–Crippen MR) is 84.6 cm³/mol. The lowest BCUT2D eigenvalue weighted by molar-refractivity contribution is -0.121. The van der Waals surface area contributed by atoms with Gasteiger partial charge in [0.25, 0.3) is 0 Å². The molecule has 3 nitrogen and oxygen atoms in total. The number of carbonyl (C=O) groups excluding carboxylic acids is 1. The fourth-order valence-corrected chi connectivity index (χ4v) is 2.24. The van der Waals surface area contributed by atoms with Crippen LogP contribution in [0.3, 0.4) is 0 Å². The van der Waals surface area contributed by atoms with Crippen LogP contribution >= 0.6 is 11.6 Å². The lowest BCUT2D eigenvalue weighted by atomic mass is 10.1. The van der Waals surface area contributed by atoms with E-state index in [4.69, 9.17) is 16.3 Å². The number of rotatable bonds is 5. The molecule has 0 spiro atoms. The SMILES string of the molecule is COc1ccc([C@H](C)NC(=O)C(Cl)c2ccccc2)cc1. The standard InChI is InChI=1S/C17H18ClNO2/c1-12(13-8-10-15(21-2)11-9-13)19-17(20)16(18)14-6-4-3-5-7-14/h3-12,16H,1-2H3,(H,19,20)/t12-,16?/m0/s1. The summed E-state index contributed by atoms with van der Waals surface area (Å²) in [5.41, 5.74) is 1.79. The number of methoxy groups -OCH3 is 1. The van der Waals surface area contributed by atoms with Crippen LogP contribution in [0.25, 0.3) is 0 Å². The molecule has 0 aliphatic rings. The number of benzene rings is 2. The van der Waals surface area contributed by atoms with Gasteiger partial charge >= 0.3 is 0 Å². The van der Waals surface area contributed by atoms with E-state index in [1.165, 1.54) is 0 Å². The van der Waals surface area contributed by atoms with E-state index >= 15 is 0 Å². The summed E-state index contributed by atoms with van der Waals surface area (Å²) in [5, 5.41) is 2.23. The molecule has 0 aliphatic carbocycles. The highest BCUT2D eigenvalue weighted by atomic mass is 35.5. The van der Waals surface area contributed by atoms with Gasteiger partial charge in [0, 0.05) is 0 Å². The van der Waals surface area contributed by atoms with E-state index < -0.39 is 5.38 Å². The second-order valence-electron chi connectivity index (χ2n) is 4.78. The van der Waals surface area contributed by atoms with E-state index in [-0.39, 0.29) is 11.9 Å². The first kappa shape index (κ1) is 15.4. The third-order valence-electron chi connectivity index (χ3n) is 3.30. The molecule has 0 fully saturated rings. The maximum absolute atomic E-state index is 12.2. The summed E-state index contributed by atoms with van der Waals surface area (Å²) in [5.74, 6) is 0.586. The molecule has 1 amide bonds. The molecule has 110 valence electrons. The maximum atomic E-state index is 12.2. The van der Waals surface area contributed by atoms with Gasteiger partial charge in [-0.1, -0.05) is 42.5 Å². The monoisotopic (exact) mass is 303 g/mol. The van der Waals surface area contributed by atoms with Gasteiger partial charge in [-0.2, -0.15) is 0 Å². The van der Waals surface area contributed by atoms with E-state index in [0.29, 0.717) is 0 Å². The molecule has 0 saturated heterocycles. The van der Waals surface area contributed by atoms with Gasteiger partial charge in [0.15, 0.2) is 0 Å².